The van der Waals surface area contributed by atoms with Gasteiger partial charge in [0.25, 0.3) is 0 Å². The zero-order valence-electron chi connectivity index (χ0n) is 24.6. The number of nitrogens with zero attached hydrogens (tertiary/aromatic N) is 6. The summed E-state index contributed by atoms with van der Waals surface area (Å²) in [6, 6.07) is 17.2. The van der Waals surface area contributed by atoms with Gasteiger partial charge in [-0.25, -0.2) is 9.78 Å². The van der Waals surface area contributed by atoms with Crippen LogP contribution in [0.4, 0.5) is 39.2 Å². The Morgan fingerprint density at radius 3 is 2.52 bits per heavy atom. The highest BCUT2D eigenvalue weighted by molar-refractivity contribution is 5.95. The number of anilines is 6. The number of pyridine rings is 1. The van der Waals surface area contributed by atoms with E-state index in [1.165, 1.54) is 4.90 Å². The molecule has 5 rings (SSSR count). The van der Waals surface area contributed by atoms with Crippen molar-refractivity contribution in [2.24, 2.45) is 0 Å². The number of carbonyl (C=O) groups is 2. The first kappa shape index (κ1) is 28.7. The lowest BCUT2D eigenvalue weighted by Gasteiger charge is -2.29. The number of carbonyl (C=O) groups excluding carboxylic acids is 2. The third-order valence-electron chi connectivity index (χ3n) is 7.06. The summed E-state index contributed by atoms with van der Waals surface area (Å²) in [4.78, 5) is 38.1. The standard InChI is InChI=1S/C30H37N9O3/c1-36(2)19-27(40)33-25-14-15-26(32-21-8-13-24-20(17-21)18-31-35-24)34-29(25)39-16-6-7-28(39)42-30(41)38(5)23-11-9-22(10-12-23)37(3)4/h8-15,17-18,28H,6-7,16,19H2,1-5H3,(H,31,35)(H,32,34)(H,33,40)/t28-/m0/s1. The molecule has 1 aliphatic heterocycles. The molecule has 3 N–H and O–H groups in total. The number of hydrogen-bond donors (Lipinski definition) is 3. The summed E-state index contributed by atoms with van der Waals surface area (Å²) in [5.74, 6) is 0.959. The maximum absolute atomic E-state index is 13.2. The number of aromatic amines is 1. The van der Waals surface area contributed by atoms with Crippen LogP contribution in [0.3, 0.4) is 0 Å². The van der Waals surface area contributed by atoms with Gasteiger partial charge in [-0.2, -0.15) is 5.10 Å². The summed E-state index contributed by atoms with van der Waals surface area (Å²) >= 11 is 0. The summed E-state index contributed by atoms with van der Waals surface area (Å²) in [5, 5.41) is 14.3. The summed E-state index contributed by atoms with van der Waals surface area (Å²) in [6.07, 6.45) is 2.20. The fourth-order valence-corrected chi connectivity index (χ4v) is 4.86. The van der Waals surface area contributed by atoms with E-state index < -0.39 is 12.3 Å². The van der Waals surface area contributed by atoms with Crippen molar-refractivity contribution in [2.45, 2.75) is 19.1 Å². The molecule has 0 bridgehead atoms. The molecule has 12 nitrogen and oxygen atoms in total. The zero-order valence-corrected chi connectivity index (χ0v) is 24.6. The lowest BCUT2D eigenvalue weighted by atomic mass is 10.2. The average Bonchev–Trinajstić information content (AvgIpc) is 3.62. The number of hydrogen-bond acceptors (Lipinski definition) is 9. The van der Waals surface area contributed by atoms with E-state index in [0.29, 0.717) is 30.3 Å². The Hall–Kier alpha value is -4.84. The molecule has 1 fully saturated rings. The van der Waals surface area contributed by atoms with Crippen molar-refractivity contribution in [2.75, 3.05) is 73.7 Å². The molecule has 0 radical (unpaired) electrons. The highest BCUT2D eigenvalue weighted by Gasteiger charge is 2.32. The predicted octanol–water partition coefficient (Wildman–Crippen LogP) is 4.47. The van der Waals surface area contributed by atoms with E-state index in [1.807, 2.05) is 92.6 Å². The molecule has 12 heteroatoms. The number of nitrogens with one attached hydrogen (secondary N) is 3. The molecule has 1 atom stereocenters. The molecule has 4 aromatic rings. The fraction of sp³-hybridized carbons (Fsp3) is 0.333. The van der Waals surface area contributed by atoms with E-state index in [4.69, 9.17) is 9.72 Å². The van der Waals surface area contributed by atoms with E-state index in [9.17, 15) is 9.59 Å². The van der Waals surface area contributed by atoms with Crippen LogP contribution in [-0.4, -0.2) is 86.6 Å². The molecule has 0 saturated carbocycles. The van der Waals surface area contributed by atoms with Gasteiger partial charge in [0, 0.05) is 56.6 Å². The first-order valence-electron chi connectivity index (χ1n) is 13.8. The molecule has 1 aliphatic rings. The maximum atomic E-state index is 13.2. The first-order valence-corrected chi connectivity index (χ1v) is 13.8. The summed E-state index contributed by atoms with van der Waals surface area (Å²) in [5.41, 5.74) is 4.10. The minimum atomic E-state index is -0.546. The fourth-order valence-electron chi connectivity index (χ4n) is 4.86. The Morgan fingerprint density at radius 1 is 1.02 bits per heavy atom. The number of aromatic nitrogens is 3. The summed E-state index contributed by atoms with van der Waals surface area (Å²) in [6.45, 7) is 0.840. The second-order valence-corrected chi connectivity index (χ2v) is 10.8. The second kappa shape index (κ2) is 12.4. The van der Waals surface area contributed by atoms with Gasteiger partial charge in [-0.1, -0.05) is 0 Å². The van der Waals surface area contributed by atoms with Crippen LogP contribution < -0.4 is 25.3 Å². The van der Waals surface area contributed by atoms with Crippen molar-refractivity contribution in [3.8, 4) is 0 Å². The predicted molar refractivity (Wildman–Crippen MR) is 167 cm³/mol. The smallest absolute Gasteiger partial charge is 0.415 e. The molecule has 2 aromatic heterocycles. The van der Waals surface area contributed by atoms with Crippen LogP contribution in [0.2, 0.25) is 0 Å². The van der Waals surface area contributed by atoms with Crippen molar-refractivity contribution in [3.05, 3.63) is 60.8 Å². The Bertz CT molecular complexity index is 1550. The van der Waals surface area contributed by atoms with Crippen molar-refractivity contribution >= 4 is 57.3 Å². The quantitative estimate of drug-likeness (QED) is 0.267. The molecule has 2 aromatic carbocycles. The molecule has 0 aliphatic carbocycles. The van der Waals surface area contributed by atoms with E-state index in [-0.39, 0.29) is 12.5 Å². The molecule has 220 valence electrons. The van der Waals surface area contributed by atoms with E-state index in [2.05, 4.69) is 20.8 Å². The number of amides is 2. The maximum Gasteiger partial charge on any atom is 0.415 e. The number of H-pyrrole nitrogens is 1. The summed E-state index contributed by atoms with van der Waals surface area (Å²) < 4.78 is 6.01. The SMILES string of the molecule is CN(C)CC(=O)Nc1ccc(Nc2ccc3[nH]ncc3c2)nc1N1CCC[C@@H]1OC(=O)N(C)c1ccc(N(C)C)cc1. The van der Waals surface area contributed by atoms with Gasteiger partial charge < -0.3 is 30.1 Å². The van der Waals surface area contributed by atoms with Crippen LogP contribution in [0.15, 0.2) is 60.8 Å². The van der Waals surface area contributed by atoms with Gasteiger partial charge in [0.05, 0.1) is 23.9 Å². The Labute approximate surface area is 245 Å². The first-order chi connectivity index (χ1) is 20.2. The molecule has 0 unspecified atom stereocenters. The molecular formula is C30H37N9O3. The van der Waals surface area contributed by atoms with Gasteiger partial charge in [0.1, 0.15) is 5.82 Å². The van der Waals surface area contributed by atoms with Crippen molar-refractivity contribution in [1.82, 2.24) is 20.1 Å². The molecule has 2 amide bonds. The molecule has 0 spiro atoms. The lowest BCUT2D eigenvalue weighted by Crippen LogP contribution is -2.39. The van der Waals surface area contributed by atoms with Gasteiger partial charge in [0.2, 0.25) is 5.91 Å². The third-order valence-corrected chi connectivity index (χ3v) is 7.06. The van der Waals surface area contributed by atoms with Crippen LogP contribution in [0.1, 0.15) is 12.8 Å². The lowest BCUT2D eigenvalue weighted by molar-refractivity contribution is -0.116. The van der Waals surface area contributed by atoms with Crippen molar-refractivity contribution < 1.29 is 14.3 Å². The van der Waals surface area contributed by atoms with Crippen LogP contribution >= 0.6 is 0 Å². The number of ether oxygens (including phenoxy) is 1. The van der Waals surface area contributed by atoms with Gasteiger partial charge in [-0.05, 0) is 75.1 Å². The van der Waals surface area contributed by atoms with Gasteiger partial charge >= 0.3 is 6.09 Å². The number of benzene rings is 2. The minimum absolute atomic E-state index is 0.164. The van der Waals surface area contributed by atoms with Gasteiger partial charge in [0.15, 0.2) is 12.0 Å². The molecule has 1 saturated heterocycles. The monoisotopic (exact) mass is 571 g/mol. The molecular weight excluding hydrogens is 534 g/mol. The average molecular weight is 572 g/mol. The van der Waals surface area contributed by atoms with Crippen LogP contribution in [0, 0.1) is 0 Å². The Balaban J connectivity index is 1.38. The highest BCUT2D eigenvalue weighted by Crippen LogP contribution is 2.34. The highest BCUT2D eigenvalue weighted by atomic mass is 16.6. The van der Waals surface area contributed by atoms with Gasteiger partial charge in [-0.3, -0.25) is 14.8 Å². The van der Waals surface area contributed by atoms with Crippen LogP contribution in [-0.2, 0) is 9.53 Å². The molecule has 3 heterocycles. The van der Waals surface area contributed by atoms with E-state index in [0.717, 1.165) is 34.4 Å². The minimum Gasteiger partial charge on any atom is -0.425 e. The summed E-state index contributed by atoms with van der Waals surface area (Å²) in [7, 11) is 9.30. The van der Waals surface area contributed by atoms with E-state index >= 15 is 0 Å². The van der Waals surface area contributed by atoms with Crippen LogP contribution in [0.5, 0.6) is 0 Å². The van der Waals surface area contributed by atoms with Gasteiger partial charge in [-0.15, -0.1) is 0 Å². The Morgan fingerprint density at radius 2 is 1.79 bits per heavy atom. The zero-order chi connectivity index (χ0) is 29.8. The molecule has 42 heavy (non-hydrogen) atoms. The Kier molecular flexibility index (Phi) is 8.43. The van der Waals surface area contributed by atoms with Crippen LogP contribution in [0.25, 0.3) is 10.9 Å². The third kappa shape index (κ3) is 6.55. The van der Waals surface area contributed by atoms with E-state index in [1.54, 1.807) is 18.1 Å². The number of fused-ring (bicyclic) bond motifs is 1. The van der Waals surface area contributed by atoms with Crippen molar-refractivity contribution in [3.63, 3.8) is 0 Å². The second-order valence-electron chi connectivity index (χ2n) is 10.8. The normalized spacial score (nSPS) is 14.7. The number of likely N-dealkylation sites (N-methyl/N-ethyl adjacent to an activating group) is 1. The van der Waals surface area contributed by atoms with Crippen molar-refractivity contribution in [1.29, 1.82) is 0 Å². The largest absolute Gasteiger partial charge is 0.425 e. The topological polar surface area (TPSA) is 122 Å². The number of rotatable bonds is 9.